The van der Waals surface area contributed by atoms with E-state index >= 15 is 0 Å². The molecular formula is C17H13FN4O2. The van der Waals surface area contributed by atoms with Gasteiger partial charge in [-0.1, -0.05) is 17.4 Å². The average molecular weight is 324 g/mol. The second-order valence-corrected chi connectivity index (χ2v) is 5.77. The number of benzene rings is 2. The van der Waals surface area contributed by atoms with Gasteiger partial charge in [0, 0.05) is 0 Å². The zero-order chi connectivity index (χ0) is 16.8. The van der Waals surface area contributed by atoms with E-state index in [2.05, 4.69) is 10.3 Å². The molecule has 24 heavy (non-hydrogen) atoms. The van der Waals surface area contributed by atoms with Crippen LogP contribution in [0.5, 0.6) is 0 Å². The molecule has 2 heterocycles. The number of anilines is 2. The van der Waals surface area contributed by atoms with Crippen molar-refractivity contribution in [3.8, 4) is 0 Å². The van der Waals surface area contributed by atoms with Gasteiger partial charge in [0.05, 0.1) is 11.4 Å². The lowest BCUT2D eigenvalue weighted by molar-refractivity contribution is -0.121. The first-order valence-electron chi connectivity index (χ1n) is 7.46. The highest BCUT2D eigenvalue weighted by molar-refractivity contribution is 6.26. The van der Waals surface area contributed by atoms with E-state index in [0.29, 0.717) is 11.4 Å². The Balaban J connectivity index is 1.70. The van der Waals surface area contributed by atoms with Gasteiger partial charge in [-0.3, -0.25) is 9.59 Å². The van der Waals surface area contributed by atoms with Crippen LogP contribution in [0.1, 0.15) is 5.56 Å². The van der Waals surface area contributed by atoms with Gasteiger partial charge in [0.2, 0.25) is 0 Å². The zero-order valence-electron chi connectivity index (χ0n) is 12.8. The number of rotatable bonds is 2. The van der Waals surface area contributed by atoms with Crippen LogP contribution in [0.2, 0.25) is 0 Å². The molecule has 0 radical (unpaired) electrons. The van der Waals surface area contributed by atoms with E-state index in [0.717, 1.165) is 10.5 Å². The number of halogens is 1. The fraction of sp³-hybridized carbons (Fsp3) is 0.176. The number of nitrogens with zero attached hydrogens (tertiary/aromatic N) is 4. The van der Waals surface area contributed by atoms with E-state index in [4.69, 9.17) is 0 Å². The molecule has 120 valence electrons. The molecule has 7 heteroatoms. The summed E-state index contributed by atoms with van der Waals surface area (Å²) in [7, 11) is 0. The fourth-order valence-electron chi connectivity index (χ4n) is 2.99. The molecule has 2 aliphatic rings. The predicted octanol–water partition coefficient (Wildman–Crippen LogP) is 2.63. The molecule has 6 nitrogen and oxygen atoms in total. The van der Waals surface area contributed by atoms with Crippen molar-refractivity contribution in [3.05, 3.63) is 59.9 Å². The van der Waals surface area contributed by atoms with Crippen molar-refractivity contribution in [2.45, 2.75) is 19.0 Å². The Labute approximate surface area is 137 Å². The molecule has 1 saturated heterocycles. The standard InChI is InChI=1S/C17H13FN4O2/c1-10-3-2-4-13(9-10)22-15-14(19-20-22)16(23)21(17(15)24)12-7-5-11(18)6-8-12/h2-9,14-15H,1H3/t14-,15-/m0/s1. The summed E-state index contributed by atoms with van der Waals surface area (Å²) in [5, 5.41) is 9.45. The number of amides is 2. The Morgan fingerprint density at radius 1 is 1.00 bits per heavy atom. The highest BCUT2D eigenvalue weighted by atomic mass is 19.1. The van der Waals surface area contributed by atoms with Crippen molar-refractivity contribution < 1.29 is 14.0 Å². The summed E-state index contributed by atoms with van der Waals surface area (Å²) in [4.78, 5) is 26.4. The first-order valence-corrected chi connectivity index (χ1v) is 7.46. The molecule has 2 atom stereocenters. The van der Waals surface area contributed by atoms with Crippen LogP contribution in [-0.2, 0) is 9.59 Å². The highest BCUT2D eigenvalue weighted by Gasteiger charge is 2.55. The summed E-state index contributed by atoms with van der Waals surface area (Å²) in [6.07, 6.45) is 0. The Hall–Kier alpha value is -3.09. The van der Waals surface area contributed by atoms with Crippen molar-refractivity contribution in [1.82, 2.24) is 0 Å². The molecule has 2 aromatic rings. The van der Waals surface area contributed by atoms with E-state index in [1.165, 1.54) is 29.3 Å². The molecule has 0 aromatic heterocycles. The average Bonchev–Trinajstić information content (AvgIpc) is 3.10. The number of imide groups is 1. The molecular weight excluding hydrogens is 311 g/mol. The van der Waals surface area contributed by atoms with E-state index in [1.807, 2.05) is 31.2 Å². The summed E-state index contributed by atoms with van der Waals surface area (Å²) >= 11 is 0. The van der Waals surface area contributed by atoms with Crippen LogP contribution in [-0.4, -0.2) is 23.9 Å². The quantitative estimate of drug-likeness (QED) is 0.798. The van der Waals surface area contributed by atoms with Gasteiger partial charge in [0.25, 0.3) is 11.8 Å². The van der Waals surface area contributed by atoms with Gasteiger partial charge in [-0.25, -0.2) is 14.3 Å². The molecule has 0 spiro atoms. The molecule has 2 aromatic carbocycles. The molecule has 0 N–H and O–H groups in total. The van der Waals surface area contributed by atoms with Gasteiger partial charge >= 0.3 is 0 Å². The van der Waals surface area contributed by atoms with Crippen LogP contribution in [0.25, 0.3) is 0 Å². The van der Waals surface area contributed by atoms with Crippen LogP contribution < -0.4 is 9.91 Å². The van der Waals surface area contributed by atoms with Crippen LogP contribution in [0.3, 0.4) is 0 Å². The van der Waals surface area contributed by atoms with Gasteiger partial charge in [-0.15, -0.1) is 0 Å². The van der Waals surface area contributed by atoms with Gasteiger partial charge in [-0.2, -0.15) is 5.11 Å². The maximum Gasteiger partial charge on any atom is 0.263 e. The third-order valence-corrected chi connectivity index (χ3v) is 4.13. The summed E-state index contributed by atoms with van der Waals surface area (Å²) < 4.78 is 13.1. The second kappa shape index (κ2) is 5.23. The molecule has 0 saturated carbocycles. The van der Waals surface area contributed by atoms with Crippen molar-refractivity contribution in [2.75, 3.05) is 9.91 Å². The third-order valence-electron chi connectivity index (χ3n) is 4.13. The van der Waals surface area contributed by atoms with E-state index in [1.54, 1.807) is 0 Å². The molecule has 2 aliphatic heterocycles. The molecule has 4 rings (SSSR count). The Morgan fingerprint density at radius 3 is 2.46 bits per heavy atom. The molecule has 2 amide bonds. The Kier molecular flexibility index (Phi) is 3.16. The maximum atomic E-state index is 13.1. The lowest BCUT2D eigenvalue weighted by Crippen LogP contribution is -2.39. The topological polar surface area (TPSA) is 65.3 Å². The minimum Gasteiger partial charge on any atom is -0.271 e. The van der Waals surface area contributed by atoms with Crippen LogP contribution >= 0.6 is 0 Å². The van der Waals surface area contributed by atoms with Gasteiger partial charge in [-0.05, 0) is 48.9 Å². The smallest absolute Gasteiger partial charge is 0.263 e. The number of carbonyl (C=O) groups excluding carboxylic acids is 2. The molecule has 0 bridgehead atoms. The van der Waals surface area contributed by atoms with Crippen molar-refractivity contribution >= 4 is 23.2 Å². The maximum absolute atomic E-state index is 13.1. The molecule has 1 fully saturated rings. The first kappa shape index (κ1) is 14.5. The van der Waals surface area contributed by atoms with Crippen LogP contribution in [0, 0.1) is 12.7 Å². The first-order chi connectivity index (χ1) is 11.6. The van der Waals surface area contributed by atoms with E-state index in [9.17, 15) is 14.0 Å². The van der Waals surface area contributed by atoms with Crippen LogP contribution in [0.15, 0.2) is 58.9 Å². The predicted molar refractivity (Wildman–Crippen MR) is 85.0 cm³/mol. The summed E-state index contributed by atoms with van der Waals surface area (Å²) in [5.74, 6) is -1.29. The minimum atomic E-state index is -0.872. The summed E-state index contributed by atoms with van der Waals surface area (Å²) in [6.45, 7) is 1.93. The SMILES string of the molecule is Cc1cccc(N2N=N[C@@H]3C(=O)N(c4ccc(F)cc4)C(=O)[C@H]32)c1. The Bertz CT molecular complexity index is 865. The normalized spacial score (nSPS) is 22.4. The molecule has 0 aliphatic carbocycles. The zero-order valence-corrected chi connectivity index (χ0v) is 12.8. The number of aryl methyl sites for hydroxylation is 1. The number of hydrogen-bond acceptors (Lipinski definition) is 5. The third kappa shape index (κ3) is 2.09. The fourth-order valence-corrected chi connectivity index (χ4v) is 2.99. The van der Waals surface area contributed by atoms with Gasteiger partial charge in [0.15, 0.2) is 12.1 Å². The van der Waals surface area contributed by atoms with E-state index < -0.39 is 29.7 Å². The summed E-state index contributed by atoms with van der Waals surface area (Å²) in [5.41, 5.74) is 2.05. The monoisotopic (exact) mass is 324 g/mol. The minimum absolute atomic E-state index is 0.334. The van der Waals surface area contributed by atoms with E-state index in [-0.39, 0.29) is 0 Å². The second-order valence-electron chi connectivity index (χ2n) is 5.77. The van der Waals surface area contributed by atoms with Gasteiger partial charge < -0.3 is 0 Å². The number of hydrogen-bond donors (Lipinski definition) is 0. The van der Waals surface area contributed by atoms with Gasteiger partial charge in [0.1, 0.15) is 5.82 Å². The largest absolute Gasteiger partial charge is 0.271 e. The van der Waals surface area contributed by atoms with Crippen molar-refractivity contribution in [3.63, 3.8) is 0 Å². The summed E-state index contributed by atoms with van der Waals surface area (Å²) in [6, 6.07) is 11.0. The highest BCUT2D eigenvalue weighted by Crippen LogP contribution is 2.35. The van der Waals surface area contributed by atoms with Crippen molar-refractivity contribution in [1.29, 1.82) is 0 Å². The lowest BCUT2D eigenvalue weighted by Gasteiger charge is -2.20. The lowest BCUT2D eigenvalue weighted by atomic mass is 10.1. The van der Waals surface area contributed by atoms with Crippen molar-refractivity contribution in [2.24, 2.45) is 10.3 Å². The number of fused-ring (bicyclic) bond motifs is 1. The number of carbonyl (C=O) groups is 2. The molecule has 0 unspecified atom stereocenters. The van der Waals surface area contributed by atoms with Crippen LogP contribution in [0.4, 0.5) is 15.8 Å². The Morgan fingerprint density at radius 2 is 1.75 bits per heavy atom.